The average molecular weight is 393 g/mol. The van der Waals surface area contributed by atoms with Crippen LogP contribution in [0, 0.1) is 0 Å². The Bertz CT molecular complexity index is 992. The average Bonchev–Trinajstić information content (AvgIpc) is 3.03. The molecule has 0 aliphatic heterocycles. The number of aromatic nitrogens is 4. The molecular formula is C16H20N5O5P. The zero-order valence-electron chi connectivity index (χ0n) is 14.6. The standard InChI is InChI=1S/C16H20N5O5P/c1-25-27(23,24)10-12-4-2-3-11(7-12)9-21-15-13(8-18-21)14(17)19-16(20-15)26-6-5-22/h2-4,7-8,22H,5-6,9-10H2,1H3,(H,23,24)(H2,17,19,20). The molecule has 144 valence electrons. The molecule has 0 spiro atoms. The number of fused-ring (bicyclic) bond motifs is 1. The summed E-state index contributed by atoms with van der Waals surface area (Å²) < 4.78 is 23.3. The Kier molecular flexibility index (Phi) is 5.71. The van der Waals surface area contributed by atoms with Crippen LogP contribution in [0.4, 0.5) is 5.82 Å². The summed E-state index contributed by atoms with van der Waals surface area (Å²) in [5.41, 5.74) is 7.96. The van der Waals surface area contributed by atoms with Crippen LogP contribution in [0.1, 0.15) is 11.1 Å². The molecule has 0 aliphatic carbocycles. The van der Waals surface area contributed by atoms with E-state index in [0.29, 0.717) is 23.1 Å². The number of anilines is 1. The molecular weight excluding hydrogens is 373 g/mol. The van der Waals surface area contributed by atoms with Crippen LogP contribution >= 0.6 is 7.60 Å². The van der Waals surface area contributed by atoms with Gasteiger partial charge in [-0.05, 0) is 11.1 Å². The molecule has 0 radical (unpaired) electrons. The van der Waals surface area contributed by atoms with Crippen molar-refractivity contribution >= 4 is 24.4 Å². The number of aliphatic hydroxyl groups is 1. The van der Waals surface area contributed by atoms with Crippen LogP contribution < -0.4 is 10.5 Å². The normalized spacial score (nSPS) is 13.6. The summed E-state index contributed by atoms with van der Waals surface area (Å²) in [6.07, 6.45) is 1.49. The van der Waals surface area contributed by atoms with Crippen LogP contribution in [0.5, 0.6) is 6.01 Å². The van der Waals surface area contributed by atoms with Crippen LogP contribution in [-0.4, -0.2) is 50.1 Å². The maximum Gasteiger partial charge on any atom is 0.332 e. The van der Waals surface area contributed by atoms with Gasteiger partial charge < -0.3 is 25.0 Å². The first-order chi connectivity index (χ1) is 12.9. The topological polar surface area (TPSA) is 146 Å². The van der Waals surface area contributed by atoms with Crippen molar-refractivity contribution in [3.63, 3.8) is 0 Å². The Balaban J connectivity index is 1.88. The van der Waals surface area contributed by atoms with Crippen molar-refractivity contribution in [2.45, 2.75) is 12.7 Å². The highest BCUT2D eigenvalue weighted by Gasteiger charge is 2.18. The number of ether oxygens (including phenoxy) is 1. The molecule has 3 aromatic rings. The summed E-state index contributed by atoms with van der Waals surface area (Å²) in [5.74, 6) is 0.231. The molecule has 2 aromatic heterocycles. The number of rotatable bonds is 8. The third-order valence-electron chi connectivity index (χ3n) is 3.82. The van der Waals surface area contributed by atoms with E-state index in [1.54, 1.807) is 23.0 Å². The Hall–Kier alpha value is -2.52. The zero-order valence-corrected chi connectivity index (χ0v) is 15.5. The van der Waals surface area contributed by atoms with Crippen molar-refractivity contribution < 1.29 is 23.8 Å². The lowest BCUT2D eigenvalue weighted by Gasteiger charge is -2.10. The van der Waals surface area contributed by atoms with Crippen molar-refractivity contribution in [2.75, 3.05) is 26.1 Å². The Morgan fingerprint density at radius 1 is 1.30 bits per heavy atom. The van der Waals surface area contributed by atoms with Crippen molar-refractivity contribution in [2.24, 2.45) is 0 Å². The molecule has 10 nitrogen and oxygen atoms in total. The van der Waals surface area contributed by atoms with E-state index >= 15 is 0 Å². The lowest BCUT2D eigenvalue weighted by molar-refractivity contribution is 0.192. The summed E-state index contributed by atoms with van der Waals surface area (Å²) in [6.45, 7) is 0.265. The second-order valence-electron chi connectivity index (χ2n) is 5.80. The van der Waals surface area contributed by atoms with Crippen LogP contribution in [0.15, 0.2) is 30.5 Å². The zero-order chi connectivity index (χ0) is 19.4. The van der Waals surface area contributed by atoms with Crippen LogP contribution in [-0.2, 0) is 21.8 Å². The van der Waals surface area contributed by atoms with Crippen molar-refractivity contribution in [3.8, 4) is 6.01 Å². The number of aliphatic hydroxyl groups excluding tert-OH is 1. The van der Waals surface area contributed by atoms with E-state index in [-0.39, 0.29) is 31.2 Å². The first kappa shape index (κ1) is 19.2. The summed E-state index contributed by atoms with van der Waals surface area (Å²) in [5, 5.41) is 13.7. The van der Waals surface area contributed by atoms with E-state index < -0.39 is 7.60 Å². The van der Waals surface area contributed by atoms with Crippen LogP contribution in [0.2, 0.25) is 0 Å². The van der Waals surface area contributed by atoms with Gasteiger partial charge in [0, 0.05) is 7.11 Å². The molecule has 0 amide bonds. The van der Waals surface area contributed by atoms with Crippen LogP contribution in [0.3, 0.4) is 0 Å². The van der Waals surface area contributed by atoms with E-state index in [4.69, 9.17) is 15.6 Å². The van der Waals surface area contributed by atoms with E-state index in [1.807, 2.05) is 12.1 Å². The lowest BCUT2D eigenvalue weighted by atomic mass is 10.1. The molecule has 0 bridgehead atoms. The maximum atomic E-state index is 11.8. The van der Waals surface area contributed by atoms with Gasteiger partial charge in [0.25, 0.3) is 0 Å². The molecule has 2 heterocycles. The number of nitrogens with zero attached hydrogens (tertiary/aromatic N) is 4. The van der Waals surface area contributed by atoms with Crippen molar-refractivity contribution in [3.05, 3.63) is 41.6 Å². The molecule has 0 saturated heterocycles. The van der Waals surface area contributed by atoms with Gasteiger partial charge in [0.15, 0.2) is 5.65 Å². The van der Waals surface area contributed by atoms with Crippen molar-refractivity contribution in [1.29, 1.82) is 0 Å². The van der Waals surface area contributed by atoms with Gasteiger partial charge in [-0.3, -0.25) is 4.57 Å². The van der Waals surface area contributed by atoms with Gasteiger partial charge in [0.1, 0.15) is 12.4 Å². The first-order valence-corrected chi connectivity index (χ1v) is 9.86. The molecule has 27 heavy (non-hydrogen) atoms. The quantitative estimate of drug-likeness (QED) is 0.480. The third kappa shape index (κ3) is 4.61. The molecule has 1 aromatic carbocycles. The van der Waals surface area contributed by atoms with E-state index in [9.17, 15) is 9.46 Å². The fourth-order valence-corrected chi connectivity index (χ4v) is 3.36. The minimum atomic E-state index is -3.65. The minimum absolute atomic E-state index is 0.0574. The van der Waals surface area contributed by atoms with Gasteiger partial charge in [-0.1, -0.05) is 24.3 Å². The third-order valence-corrected chi connectivity index (χ3v) is 5.15. The molecule has 4 N–H and O–H groups in total. The fourth-order valence-electron chi connectivity index (χ4n) is 2.57. The number of hydrogen-bond donors (Lipinski definition) is 3. The highest BCUT2D eigenvalue weighted by atomic mass is 31.2. The van der Waals surface area contributed by atoms with Crippen LogP contribution in [0.25, 0.3) is 11.0 Å². The molecule has 0 fully saturated rings. The predicted molar refractivity (Wildman–Crippen MR) is 98.4 cm³/mol. The SMILES string of the molecule is COP(=O)(O)Cc1cccc(Cn2ncc3c(N)nc(OCCO)nc32)c1. The van der Waals surface area contributed by atoms with Gasteiger partial charge in [-0.2, -0.15) is 15.1 Å². The van der Waals surface area contributed by atoms with Gasteiger partial charge in [-0.25, -0.2) is 4.68 Å². The largest absolute Gasteiger partial charge is 0.461 e. The first-order valence-electron chi connectivity index (χ1n) is 8.10. The summed E-state index contributed by atoms with van der Waals surface area (Å²) in [6, 6.07) is 7.30. The summed E-state index contributed by atoms with van der Waals surface area (Å²) >= 11 is 0. The number of nitrogens with two attached hydrogens (primary N) is 1. The van der Waals surface area contributed by atoms with Gasteiger partial charge in [0.05, 0.1) is 30.9 Å². The maximum absolute atomic E-state index is 11.8. The molecule has 0 aliphatic rings. The molecule has 1 unspecified atom stereocenters. The smallest absolute Gasteiger partial charge is 0.332 e. The van der Waals surface area contributed by atoms with Gasteiger partial charge >= 0.3 is 13.6 Å². The molecule has 1 atom stereocenters. The second-order valence-corrected chi connectivity index (χ2v) is 7.76. The number of nitrogen functional groups attached to an aromatic ring is 1. The van der Waals surface area contributed by atoms with E-state index in [1.165, 1.54) is 7.11 Å². The second kappa shape index (κ2) is 8.01. The highest BCUT2D eigenvalue weighted by Crippen LogP contribution is 2.44. The fraction of sp³-hybridized carbons (Fsp3) is 0.312. The predicted octanol–water partition coefficient (Wildman–Crippen LogP) is 1.16. The molecule has 3 rings (SSSR count). The summed E-state index contributed by atoms with van der Waals surface area (Å²) in [7, 11) is -2.44. The minimum Gasteiger partial charge on any atom is -0.461 e. The van der Waals surface area contributed by atoms with E-state index in [2.05, 4.69) is 19.6 Å². The monoisotopic (exact) mass is 393 g/mol. The van der Waals surface area contributed by atoms with Gasteiger partial charge in [0.2, 0.25) is 0 Å². The van der Waals surface area contributed by atoms with Gasteiger partial charge in [-0.15, -0.1) is 0 Å². The Labute approximate surface area is 155 Å². The lowest BCUT2D eigenvalue weighted by Crippen LogP contribution is -2.08. The van der Waals surface area contributed by atoms with E-state index in [0.717, 1.165) is 5.56 Å². The Morgan fingerprint density at radius 2 is 2.07 bits per heavy atom. The Morgan fingerprint density at radius 3 is 2.81 bits per heavy atom. The highest BCUT2D eigenvalue weighted by molar-refractivity contribution is 7.51. The molecule has 0 saturated carbocycles. The number of hydrogen-bond acceptors (Lipinski definition) is 8. The molecule has 11 heteroatoms. The number of benzene rings is 1. The van der Waals surface area contributed by atoms with Crippen molar-refractivity contribution in [1.82, 2.24) is 19.7 Å². The summed E-state index contributed by atoms with van der Waals surface area (Å²) in [4.78, 5) is 18.0.